The van der Waals surface area contributed by atoms with Crippen molar-refractivity contribution in [3.63, 3.8) is 0 Å². The summed E-state index contributed by atoms with van der Waals surface area (Å²) < 4.78 is 17.9. The molecule has 1 heterocycles. The van der Waals surface area contributed by atoms with E-state index in [1.165, 1.54) is 19.3 Å². The van der Waals surface area contributed by atoms with Crippen molar-refractivity contribution in [2.75, 3.05) is 33.0 Å². The molecule has 0 saturated carbocycles. The maximum Gasteiger partial charge on any atom is 0.102 e. The van der Waals surface area contributed by atoms with Crippen LogP contribution in [0.3, 0.4) is 0 Å². The van der Waals surface area contributed by atoms with Gasteiger partial charge in [0.2, 0.25) is 0 Å². The lowest BCUT2D eigenvalue weighted by atomic mass is 10.1. The minimum absolute atomic E-state index is 0.134. The molecule has 1 fully saturated rings. The van der Waals surface area contributed by atoms with Crippen molar-refractivity contribution in [3.8, 4) is 0 Å². The molecule has 4 nitrogen and oxygen atoms in total. The van der Waals surface area contributed by atoms with Gasteiger partial charge in [0.15, 0.2) is 0 Å². The van der Waals surface area contributed by atoms with Gasteiger partial charge >= 0.3 is 0 Å². The molecule has 0 aromatic rings. The van der Waals surface area contributed by atoms with E-state index in [1.54, 1.807) is 0 Å². The topological polar surface area (TPSA) is 39.7 Å². The summed E-state index contributed by atoms with van der Waals surface area (Å²) in [5, 5.41) is 3.51. The Morgan fingerprint density at radius 1 is 0.857 bits per heavy atom. The molecule has 1 rings (SSSR count). The van der Waals surface area contributed by atoms with E-state index in [9.17, 15) is 0 Å². The molecular formula is C17H35NO3. The Bertz CT molecular complexity index is 238. The second kappa shape index (κ2) is 12.4. The van der Waals surface area contributed by atoms with E-state index in [0.717, 1.165) is 52.2 Å². The number of hydrogen-bond donors (Lipinski definition) is 1. The van der Waals surface area contributed by atoms with Crippen LogP contribution in [0.2, 0.25) is 0 Å². The molecule has 0 radical (unpaired) electrons. The molecule has 1 saturated heterocycles. The molecule has 1 aliphatic rings. The summed E-state index contributed by atoms with van der Waals surface area (Å²) in [6.45, 7) is 10.7. The molecule has 0 bridgehead atoms. The third kappa shape index (κ3) is 7.59. The van der Waals surface area contributed by atoms with Crippen molar-refractivity contribution >= 4 is 0 Å². The van der Waals surface area contributed by atoms with Crippen molar-refractivity contribution in [1.29, 1.82) is 0 Å². The van der Waals surface area contributed by atoms with Gasteiger partial charge in [0, 0.05) is 26.4 Å². The number of hydrogen-bond acceptors (Lipinski definition) is 4. The van der Waals surface area contributed by atoms with Gasteiger partial charge in [-0.25, -0.2) is 0 Å². The fraction of sp³-hybridized carbons (Fsp3) is 1.00. The van der Waals surface area contributed by atoms with Gasteiger partial charge in [-0.3, -0.25) is 0 Å². The summed E-state index contributed by atoms with van der Waals surface area (Å²) >= 11 is 0. The Morgan fingerprint density at radius 3 is 2.14 bits per heavy atom. The summed E-state index contributed by atoms with van der Waals surface area (Å²) in [5.41, 5.74) is 0. The maximum absolute atomic E-state index is 6.09. The Kier molecular flexibility index (Phi) is 11.1. The first-order valence-electron chi connectivity index (χ1n) is 8.87. The number of nitrogens with one attached hydrogen (secondary N) is 1. The second-order valence-corrected chi connectivity index (χ2v) is 5.89. The Balaban J connectivity index is 2.36. The van der Waals surface area contributed by atoms with E-state index in [-0.39, 0.29) is 18.2 Å². The first-order chi connectivity index (χ1) is 10.3. The van der Waals surface area contributed by atoms with Crippen molar-refractivity contribution in [2.24, 2.45) is 0 Å². The van der Waals surface area contributed by atoms with Crippen LogP contribution in [0.25, 0.3) is 0 Å². The van der Waals surface area contributed by atoms with Crippen LogP contribution in [0.5, 0.6) is 0 Å². The third-order valence-corrected chi connectivity index (χ3v) is 3.92. The lowest BCUT2D eigenvalue weighted by molar-refractivity contribution is -0.0674. The highest BCUT2D eigenvalue weighted by molar-refractivity contribution is 4.93. The Labute approximate surface area is 130 Å². The van der Waals surface area contributed by atoms with Crippen molar-refractivity contribution < 1.29 is 14.2 Å². The molecule has 0 spiro atoms. The quantitative estimate of drug-likeness (QED) is 0.531. The Hall–Kier alpha value is -0.160. The average molecular weight is 301 g/mol. The predicted octanol–water partition coefficient (Wildman–Crippen LogP) is 3.15. The monoisotopic (exact) mass is 301 g/mol. The van der Waals surface area contributed by atoms with Crippen molar-refractivity contribution in [2.45, 2.75) is 77.5 Å². The SMILES string of the molecule is CCCCOC[C@H]1NC[C@@H](OCCCC)[C@@H]1OCCCC. The van der Waals surface area contributed by atoms with Crippen molar-refractivity contribution in [3.05, 3.63) is 0 Å². The maximum atomic E-state index is 6.09. The van der Waals surface area contributed by atoms with Crippen LogP contribution in [0.4, 0.5) is 0 Å². The highest BCUT2D eigenvalue weighted by Crippen LogP contribution is 2.17. The fourth-order valence-corrected chi connectivity index (χ4v) is 2.49. The van der Waals surface area contributed by atoms with E-state index >= 15 is 0 Å². The molecule has 0 unspecified atom stereocenters. The average Bonchev–Trinajstić information content (AvgIpc) is 2.87. The van der Waals surface area contributed by atoms with Gasteiger partial charge in [0.05, 0.1) is 18.8 Å². The van der Waals surface area contributed by atoms with Gasteiger partial charge in [-0.05, 0) is 19.3 Å². The molecule has 3 atom stereocenters. The lowest BCUT2D eigenvalue weighted by Crippen LogP contribution is -2.40. The van der Waals surface area contributed by atoms with E-state index in [1.807, 2.05) is 0 Å². The van der Waals surface area contributed by atoms with E-state index in [4.69, 9.17) is 14.2 Å². The van der Waals surface area contributed by atoms with Gasteiger partial charge in [0.25, 0.3) is 0 Å². The van der Waals surface area contributed by atoms with Crippen LogP contribution in [0, 0.1) is 0 Å². The first kappa shape index (κ1) is 18.9. The molecule has 0 amide bonds. The van der Waals surface area contributed by atoms with Crippen LogP contribution < -0.4 is 5.32 Å². The van der Waals surface area contributed by atoms with Crippen molar-refractivity contribution in [1.82, 2.24) is 5.32 Å². The van der Waals surface area contributed by atoms with Gasteiger partial charge in [-0.2, -0.15) is 0 Å². The van der Waals surface area contributed by atoms with Gasteiger partial charge in [-0.15, -0.1) is 0 Å². The normalized spacial score (nSPS) is 25.6. The standard InChI is InChI=1S/C17H35NO3/c1-4-7-10-19-14-15-17(21-12-9-6-3)16(13-18-15)20-11-8-5-2/h15-18H,4-14H2,1-3H3/t15-,16-,17-/m1/s1. The largest absolute Gasteiger partial charge is 0.380 e. The van der Waals surface area contributed by atoms with Crippen LogP contribution in [0.1, 0.15) is 59.3 Å². The highest BCUT2D eigenvalue weighted by Gasteiger charge is 2.37. The zero-order valence-corrected chi connectivity index (χ0v) is 14.2. The summed E-state index contributed by atoms with van der Waals surface area (Å²) in [5.74, 6) is 0. The summed E-state index contributed by atoms with van der Waals surface area (Å²) in [6.07, 6.45) is 7.19. The van der Waals surface area contributed by atoms with Gasteiger partial charge in [-0.1, -0.05) is 40.0 Å². The molecule has 0 aromatic heterocycles. The summed E-state index contributed by atoms with van der Waals surface area (Å²) in [7, 11) is 0. The smallest absolute Gasteiger partial charge is 0.102 e. The molecule has 1 N–H and O–H groups in total. The molecule has 126 valence electrons. The lowest BCUT2D eigenvalue weighted by Gasteiger charge is -2.24. The molecule has 0 aliphatic carbocycles. The van der Waals surface area contributed by atoms with E-state index in [0.29, 0.717) is 0 Å². The fourth-order valence-electron chi connectivity index (χ4n) is 2.49. The zero-order valence-electron chi connectivity index (χ0n) is 14.2. The number of rotatable bonds is 13. The zero-order chi connectivity index (χ0) is 15.3. The van der Waals surface area contributed by atoms with E-state index < -0.39 is 0 Å². The van der Waals surface area contributed by atoms with Gasteiger partial charge in [0.1, 0.15) is 6.10 Å². The predicted molar refractivity (Wildman–Crippen MR) is 86.8 cm³/mol. The molecule has 0 aromatic carbocycles. The number of unbranched alkanes of at least 4 members (excludes halogenated alkanes) is 3. The van der Waals surface area contributed by atoms with Crippen LogP contribution in [-0.4, -0.2) is 51.2 Å². The second-order valence-electron chi connectivity index (χ2n) is 5.89. The molecule has 21 heavy (non-hydrogen) atoms. The van der Waals surface area contributed by atoms with E-state index in [2.05, 4.69) is 26.1 Å². The Morgan fingerprint density at radius 2 is 1.48 bits per heavy atom. The highest BCUT2D eigenvalue weighted by atomic mass is 16.5. The molecule has 1 aliphatic heterocycles. The van der Waals surface area contributed by atoms with Crippen LogP contribution in [-0.2, 0) is 14.2 Å². The minimum Gasteiger partial charge on any atom is -0.380 e. The summed E-state index contributed by atoms with van der Waals surface area (Å²) in [4.78, 5) is 0. The van der Waals surface area contributed by atoms with Gasteiger partial charge < -0.3 is 19.5 Å². The number of ether oxygens (including phenoxy) is 3. The first-order valence-corrected chi connectivity index (χ1v) is 8.87. The van der Waals surface area contributed by atoms with Crippen LogP contribution >= 0.6 is 0 Å². The molecular weight excluding hydrogens is 266 g/mol. The molecule has 4 heteroatoms. The van der Waals surface area contributed by atoms with Crippen LogP contribution in [0.15, 0.2) is 0 Å². The summed E-state index contributed by atoms with van der Waals surface area (Å²) in [6, 6.07) is 0.269. The minimum atomic E-state index is 0.134. The third-order valence-electron chi connectivity index (χ3n) is 3.92.